The normalized spacial score (nSPS) is 20.1. The minimum Gasteiger partial charge on any atom is -0.480 e. The number of amides is 1. The van der Waals surface area contributed by atoms with Crippen molar-refractivity contribution in [2.24, 2.45) is 0 Å². The zero-order chi connectivity index (χ0) is 24.1. The molecule has 0 spiro atoms. The number of piperidine rings is 1. The summed E-state index contributed by atoms with van der Waals surface area (Å²) in [6.07, 6.45) is 3.67. The van der Waals surface area contributed by atoms with Gasteiger partial charge in [-0.05, 0) is 32.0 Å². The Morgan fingerprint density at radius 2 is 2.00 bits per heavy atom. The molecule has 0 aromatic carbocycles. The molecule has 2 N–H and O–H groups in total. The number of halogens is 2. The van der Waals surface area contributed by atoms with Crippen molar-refractivity contribution in [3.05, 3.63) is 56.1 Å². The third-order valence-corrected chi connectivity index (χ3v) is 7.69. The molecule has 1 fully saturated rings. The van der Waals surface area contributed by atoms with Crippen LogP contribution in [0, 0.1) is 0 Å². The van der Waals surface area contributed by atoms with Gasteiger partial charge in [-0.1, -0.05) is 23.2 Å². The average molecular weight is 515 g/mol. The molecular weight excluding hydrogens is 491 g/mol. The molecule has 3 aliphatic rings. The van der Waals surface area contributed by atoms with Gasteiger partial charge in [0.1, 0.15) is 0 Å². The maximum absolute atomic E-state index is 12.4. The van der Waals surface area contributed by atoms with Crippen LogP contribution in [0.5, 0.6) is 5.75 Å². The first-order chi connectivity index (χ1) is 17.0. The third-order valence-electron chi connectivity index (χ3n) is 7.06. The first-order valence-corrected chi connectivity index (χ1v) is 12.5. The second-order valence-corrected chi connectivity index (χ2v) is 10.1. The molecule has 3 aliphatic heterocycles. The Morgan fingerprint density at radius 3 is 2.83 bits per heavy atom. The fraction of sp³-hybridized carbons (Fsp3) is 0.417. The van der Waals surface area contributed by atoms with Crippen LogP contribution < -0.4 is 20.9 Å². The number of carbonyl (C=O) groups excluding carboxylic acids is 1. The molecule has 35 heavy (non-hydrogen) atoms. The lowest BCUT2D eigenvalue weighted by molar-refractivity contribution is -0.118. The number of nitrogens with one attached hydrogen (secondary N) is 2. The number of rotatable bonds is 5. The van der Waals surface area contributed by atoms with Crippen molar-refractivity contribution in [2.45, 2.75) is 37.9 Å². The molecular formula is C24H24Cl2N6O3. The number of hydrogen-bond acceptors (Lipinski definition) is 7. The first kappa shape index (κ1) is 22.7. The van der Waals surface area contributed by atoms with E-state index in [0.717, 1.165) is 49.1 Å². The Kier molecular flexibility index (Phi) is 5.88. The minimum absolute atomic E-state index is 0.00574. The van der Waals surface area contributed by atoms with Crippen molar-refractivity contribution >= 4 is 46.0 Å². The summed E-state index contributed by atoms with van der Waals surface area (Å²) in [5.74, 6) is 0.860. The fourth-order valence-electron chi connectivity index (χ4n) is 5.31. The van der Waals surface area contributed by atoms with Crippen LogP contribution in [0.25, 0.3) is 11.0 Å². The van der Waals surface area contributed by atoms with Gasteiger partial charge >= 0.3 is 0 Å². The molecule has 9 nitrogen and oxygen atoms in total. The molecule has 6 rings (SSSR count). The van der Waals surface area contributed by atoms with Crippen LogP contribution in [0.3, 0.4) is 0 Å². The summed E-state index contributed by atoms with van der Waals surface area (Å²) in [6, 6.07) is 5.40. The highest BCUT2D eigenvalue weighted by Gasteiger charge is 2.31. The number of fused-ring (bicyclic) bond motifs is 1. The Labute approximate surface area is 211 Å². The second kappa shape index (κ2) is 9.05. The zero-order valence-electron chi connectivity index (χ0n) is 18.9. The number of nitrogens with zero attached hydrogens (tertiary/aromatic N) is 4. The van der Waals surface area contributed by atoms with Crippen LogP contribution in [0.4, 0.5) is 5.82 Å². The van der Waals surface area contributed by atoms with Gasteiger partial charge in [-0.25, -0.2) is 4.98 Å². The van der Waals surface area contributed by atoms with Gasteiger partial charge in [-0.2, -0.15) is 0 Å². The molecule has 1 saturated heterocycles. The molecule has 1 amide bonds. The molecule has 3 aromatic heterocycles. The summed E-state index contributed by atoms with van der Waals surface area (Å²) in [6.45, 7) is 3.87. The van der Waals surface area contributed by atoms with Gasteiger partial charge in [0.25, 0.3) is 11.5 Å². The molecule has 1 atom stereocenters. The van der Waals surface area contributed by atoms with Crippen molar-refractivity contribution in [1.82, 2.24) is 24.8 Å². The summed E-state index contributed by atoms with van der Waals surface area (Å²) < 4.78 is 7.18. The van der Waals surface area contributed by atoms with Crippen LogP contribution in [0.1, 0.15) is 30.0 Å². The predicted octanol–water partition coefficient (Wildman–Crippen LogP) is 2.78. The predicted molar refractivity (Wildman–Crippen MR) is 133 cm³/mol. The Balaban J connectivity index is 1.07. The largest absolute Gasteiger partial charge is 0.480 e. The van der Waals surface area contributed by atoms with Gasteiger partial charge in [0, 0.05) is 55.5 Å². The summed E-state index contributed by atoms with van der Waals surface area (Å²) in [5, 5.41) is 7.43. The van der Waals surface area contributed by atoms with Crippen LogP contribution in [0.15, 0.2) is 29.2 Å². The molecule has 0 aliphatic carbocycles. The van der Waals surface area contributed by atoms with Crippen LogP contribution in [-0.2, 0) is 17.9 Å². The highest BCUT2D eigenvalue weighted by Crippen LogP contribution is 2.37. The van der Waals surface area contributed by atoms with E-state index in [2.05, 4.69) is 25.5 Å². The van der Waals surface area contributed by atoms with E-state index in [1.807, 2.05) is 4.57 Å². The number of pyridine rings is 3. The molecule has 3 aromatic rings. The van der Waals surface area contributed by atoms with Gasteiger partial charge in [0.2, 0.25) is 0 Å². The summed E-state index contributed by atoms with van der Waals surface area (Å²) in [7, 11) is 0. The Bertz CT molecular complexity index is 1390. The van der Waals surface area contributed by atoms with E-state index in [-0.39, 0.29) is 24.0 Å². The molecule has 0 bridgehead atoms. The zero-order valence-corrected chi connectivity index (χ0v) is 20.4. The topological polar surface area (TPSA) is 101 Å². The monoisotopic (exact) mass is 514 g/mol. The minimum atomic E-state index is -0.220. The summed E-state index contributed by atoms with van der Waals surface area (Å²) in [5.41, 5.74) is 3.41. The number of likely N-dealkylation sites (tertiary alicyclic amines) is 1. The van der Waals surface area contributed by atoms with Gasteiger partial charge in [0.15, 0.2) is 18.2 Å². The van der Waals surface area contributed by atoms with Gasteiger partial charge < -0.3 is 24.8 Å². The van der Waals surface area contributed by atoms with Gasteiger partial charge in [-0.3, -0.25) is 14.6 Å². The number of hydrogen-bond donors (Lipinski definition) is 2. The van der Waals surface area contributed by atoms with E-state index >= 15 is 0 Å². The van der Waals surface area contributed by atoms with Crippen LogP contribution in [-0.4, -0.2) is 57.6 Å². The standard InChI is InChI=1S/C24H24Cl2N6O3/c25-15-7-19-24(30-20(33)12-35-19)29-18(15)9-27-14-3-5-31(6-4-14)10-13-11-32-21(34)2-1-17-23(32)22(13)16(26)8-28-17/h1-2,7-8,13-14,27H,3-6,9-12H2,(H,29,30,33). The Hall–Kier alpha value is -2.72. The Morgan fingerprint density at radius 1 is 1.17 bits per heavy atom. The lowest BCUT2D eigenvalue weighted by atomic mass is 9.98. The molecule has 0 radical (unpaired) electrons. The van der Waals surface area contributed by atoms with E-state index in [4.69, 9.17) is 27.9 Å². The number of ether oxygens (including phenoxy) is 1. The van der Waals surface area contributed by atoms with Crippen molar-refractivity contribution in [3.8, 4) is 5.75 Å². The molecule has 1 unspecified atom stereocenters. The second-order valence-electron chi connectivity index (χ2n) is 9.29. The van der Waals surface area contributed by atoms with Crippen molar-refractivity contribution in [2.75, 3.05) is 31.6 Å². The van der Waals surface area contributed by atoms with E-state index in [0.29, 0.717) is 46.4 Å². The maximum Gasteiger partial charge on any atom is 0.263 e. The SMILES string of the molecule is O=C1COc2cc(Cl)c(CNC3CCN(CC4Cn5c(=O)ccc6ncc(Cl)c4c65)CC3)nc2N1. The molecule has 6 heterocycles. The summed E-state index contributed by atoms with van der Waals surface area (Å²) in [4.78, 5) is 35.3. The molecule has 0 saturated carbocycles. The van der Waals surface area contributed by atoms with Crippen molar-refractivity contribution in [3.63, 3.8) is 0 Å². The quantitative estimate of drug-likeness (QED) is 0.539. The highest BCUT2D eigenvalue weighted by molar-refractivity contribution is 6.32. The smallest absolute Gasteiger partial charge is 0.263 e. The fourth-order valence-corrected chi connectivity index (χ4v) is 5.81. The van der Waals surface area contributed by atoms with E-state index < -0.39 is 0 Å². The molecule has 182 valence electrons. The maximum atomic E-state index is 12.4. The average Bonchev–Trinajstić information content (AvgIpc) is 3.24. The van der Waals surface area contributed by atoms with Gasteiger partial charge in [0.05, 0.1) is 26.8 Å². The lowest BCUT2D eigenvalue weighted by Crippen LogP contribution is -2.43. The van der Waals surface area contributed by atoms with Crippen molar-refractivity contribution < 1.29 is 9.53 Å². The van der Waals surface area contributed by atoms with Gasteiger partial charge in [-0.15, -0.1) is 0 Å². The van der Waals surface area contributed by atoms with Crippen LogP contribution >= 0.6 is 23.2 Å². The summed E-state index contributed by atoms with van der Waals surface area (Å²) >= 11 is 12.9. The first-order valence-electron chi connectivity index (χ1n) is 11.7. The number of carbonyl (C=O) groups is 1. The third kappa shape index (κ3) is 4.27. The lowest BCUT2D eigenvalue weighted by Gasteiger charge is -2.34. The van der Waals surface area contributed by atoms with Crippen molar-refractivity contribution in [1.29, 1.82) is 0 Å². The molecule has 11 heteroatoms. The van der Waals surface area contributed by atoms with E-state index in [1.165, 1.54) is 0 Å². The van der Waals surface area contributed by atoms with Crippen LogP contribution in [0.2, 0.25) is 10.0 Å². The highest BCUT2D eigenvalue weighted by atomic mass is 35.5. The number of aromatic nitrogens is 3. The number of anilines is 1. The van der Waals surface area contributed by atoms with E-state index in [1.54, 1.807) is 24.4 Å². The van der Waals surface area contributed by atoms with E-state index in [9.17, 15) is 9.59 Å².